The molecule has 3 fully saturated rings. The van der Waals surface area contributed by atoms with E-state index in [-0.39, 0.29) is 58.9 Å². The number of rotatable bonds is 19. The van der Waals surface area contributed by atoms with E-state index in [1.165, 1.54) is 0 Å². The van der Waals surface area contributed by atoms with Crippen molar-refractivity contribution < 1.29 is 41.3 Å². The molecule has 1 N–H and O–H groups in total. The Morgan fingerprint density at radius 3 is 2.11 bits per heavy atom. The highest BCUT2D eigenvalue weighted by Gasteiger charge is 2.50. The van der Waals surface area contributed by atoms with Crippen LogP contribution in [0, 0.1) is 11.8 Å². The zero-order valence-electron chi connectivity index (χ0n) is 37.5. The summed E-state index contributed by atoms with van der Waals surface area (Å²) in [6, 6.07) is 8.68. The number of hydrogen-bond acceptors (Lipinski definition) is 9. The highest BCUT2D eigenvalue weighted by atomic mass is 32.2. The lowest BCUT2D eigenvalue weighted by Crippen LogP contribution is -2.49. The van der Waals surface area contributed by atoms with Crippen molar-refractivity contribution in [3.63, 3.8) is 0 Å². The maximum absolute atomic E-state index is 14.1. The van der Waals surface area contributed by atoms with Gasteiger partial charge >= 0.3 is 0 Å². The highest BCUT2D eigenvalue weighted by Crippen LogP contribution is 2.44. The third-order valence-corrected chi connectivity index (χ3v) is 24.7. The van der Waals surface area contributed by atoms with Crippen molar-refractivity contribution in [2.45, 2.75) is 190 Å². The Bertz CT molecular complexity index is 1570. The standard InChI is InChI=1S/C45H78O9SSi2/c1-31-25-35(22-23-39-32(2)26-34(51-39)19-18-24-46)52-40(33(31)3)28-41-38(30-55(47,48)37-20-16-15-17-21-37)43(49-10)42(53-41)27-36(54-57(13,14)45(7,8)9)29-50-56(11,12)44(4,5)6/h15-17,20-21,31,34-36,38-43,46H,2-3,18-19,22-30H2,1,4-14H3/t31-,34+,35?,36+,38+,39?,40?,41+,42?,43-/m1/s1. The van der Waals surface area contributed by atoms with Crippen molar-refractivity contribution in [2.75, 3.05) is 26.1 Å². The molecule has 3 heterocycles. The molecule has 4 rings (SSSR count). The molecular formula is C45H78O9SSi2. The van der Waals surface area contributed by atoms with Gasteiger partial charge in [-0.05, 0) is 104 Å². The Kier molecular flexibility index (Phi) is 16.7. The largest absolute Gasteiger partial charge is 0.414 e. The Hall–Kier alpha value is -1.20. The van der Waals surface area contributed by atoms with Gasteiger partial charge in [0.05, 0.1) is 66.1 Å². The Morgan fingerprint density at radius 1 is 0.877 bits per heavy atom. The van der Waals surface area contributed by atoms with E-state index in [0.717, 1.165) is 49.7 Å². The maximum Gasteiger partial charge on any atom is 0.192 e. The Morgan fingerprint density at radius 2 is 1.51 bits per heavy atom. The van der Waals surface area contributed by atoms with Crippen LogP contribution in [-0.2, 0) is 37.6 Å². The summed E-state index contributed by atoms with van der Waals surface area (Å²) in [6.45, 7) is 34.2. The molecule has 0 saturated carbocycles. The minimum Gasteiger partial charge on any atom is -0.414 e. The summed E-state index contributed by atoms with van der Waals surface area (Å²) in [5, 5.41) is 9.32. The first kappa shape index (κ1) is 48.5. The molecule has 0 aliphatic carbocycles. The van der Waals surface area contributed by atoms with Gasteiger partial charge in [-0.15, -0.1) is 0 Å². The minimum atomic E-state index is -3.68. The third-order valence-electron chi connectivity index (χ3n) is 13.8. The molecule has 3 aliphatic rings. The van der Waals surface area contributed by atoms with Crippen molar-refractivity contribution in [3.05, 3.63) is 54.6 Å². The fourth-order valence-corrected chi connectivity index (χ4v) is 12.1. The van der Waals surface area contributed by atoms with Gasteiger partial charge in [-0.1, -0.05) is 79.8 Å². The average molecular weight is 851 g/mol. The first-order chi connectivity index (χ1) is 26.4. The summed E-state index contributed by atoms with van der Waals surface area (Å²) in [7, 11) is -6.35. The lowest BCUT2D eigenvalue weighted by molar-refractivity contribution is -0.0782. The van der Waals surface area contributed by atoms with Crippen molar-refractivity contribution in [3.8, 4) is 0 Å². The molecule has 4 unspecified atom stereocenters. The molecule has 326 valence electrons. The van der Waals surface area contributed by atoms with Crippen LogP contribution in [-0.4, -0.2) is 105 Å². The van der Waals surface area contributed by atoms with Crippen molar-refractivity contribution in [1.29, 1.82) is 0 Å². The maximum atomic E-state index is 14.1. The minimum absolute atomic E-state index is 0.000157. The summed E-state index contributed by atoms with van der Waals surface area (Å²) in [6.07, 6.45) is 4.12. The van der Waals surface area contributed by atoms with Crippen LogP contribution in [0.4, 0.5) is 0 Å². The molecule has 0 bridgehead atoms. The van der Waals surface area contributed by atoms with Gasteiger partial charge in [-0.25, -0.2) is 8.42 Å². The van der Waals surface area contributed by atoms with Crippen molar-refractivity contribution in [1.82, 2.24) is 0 Å². The van der Waals surface area contributed by atoms with Crippen molar-refractivity contribution >= 4 is 26.5 Å². The van der Waals surface area contributed by atoms with Gasteiger partial charge in [0.25, 0.3) is 0 Å². The number of aliphatic hydroxyl groups excluding tert-OH is 1. The molecule has 0 aromatic heterocycles. The monoisotopic (exact) mass is 850 g/mol. The van der Waals surface area contributed by atoms with Crippen LogP contribution in [0.5, 0.6) is 0 Å². The summed E-state index contributed by atoms with van der Waals surface area (Å²) in [5.41, 5.74) is 2.14. The predicted octanol–water partition coefficient (Wildman–Crippen LogP) is 9.67. The SMILES string of the molecule is C=C1C[C@H](CCCO)OC1CCC1C[C@@H](C)C(=C)C(C[C@@H]2OC(C[C@@H](CO[Si](C)(C)C(C)(C)C)O[Si](C)(C)C(C)(C)C)[C@H](OC)[C@H]2CS(=O)(=O)c2ccccc2)O1. The Balaban J connectivity index is 1.59. The lowest BCUT2D eigenvalue weighted by atomic mass is 9.83. The predicted molar refractivity (Wildman–Crippen MR) is 235 cm³/mol. The fourth-order valence-electron chi connectivity index (χ4n) is 8.08. The van der Waals surface area contributed by atoms with E-state index < -0.39 is 50.7 Å². The van der Waals surface area contributed by atoms with Gasteiger partial charge in [0.1, 0.15) is 0 Å². The topological polar surface area (TPSA) is 110 Å². The van der Waals surface area contributed by atoms with Crippen molar-refractivity contribution in [2.24, 2.45) is 11.8 Å². The van der Waals surface area contributed by atoms with Gasteiger partial charge in [0, 0.05) is 32.5 Å². The smallest absolute Gasteiger partial charge is 0.192 e. The second kappa shape index (κ2) is 19.7. The third kappa shape index (κ3) is 12.7. The molecular weight excluding hydrogens is 773 g/mol. The van der Waals surface area contributed by atoms with E-state index >= 15 is 0 Å². The molecule has 0 radical (unpaired) electrons. The quantitative estimate of drug-likeness (QED) is 0.108. The van der Waals surface area contributed by atoms with Crippen LogP contribution >= 0.6 is 0 Å². The fraction of sp³-hybridized carbons (Fsp3) is 0.778. The number of sulfone groups is 1. The normalized spacial score (nSPS) is 29.9. The van der Waals surface area contributed by atoms with E-state index in [0.29, 0.717) is 24.3 Å². The van der Waals surface area contributed by atoms with Gasteiger partial charge in [-0.2, -0.15) is 0 Å². The van der Waals surface area contributed by atoms with E-state index in [2.05, 4.69) is 87.8 Å². The van der Waals surface area contributed by atoms with Crippen LogP contribution < -0.4 is 0 Å². The van der Waals surface area contributed by atoms with Crippen LogP contribution in [0.15, 0.2) is 59.5 Å². The second-order valence-electron chi connectivity index (χ2n) is 20.2. The van der Waals surface area contributed by atoms with E-state index in [1.54, 1.807) is 31.4 Å². The first-order valence-corrected chi connectivity index (χ1v) is 28.9. The zero-order valence-corrected chi connectivity index (χ0v) is 40.3. The van der Waals surface area contributed by atoms with Crippen LogP contribution in [0.3, 0.4) is 0 Å². The lowest BCUT2D eigenvalue weighted by Gasteiger charge is -2.42. The summed E-state index contributed by atoms with van der Waals surface area (Å²) in [4.78, 5) is 0.297. The van der Waals surface area contributed by atoms with Crippen LogP contribution in [0.1, 0.15) is 99.8 Å². The zero-order chi connectivity index (χ0) is 42.6. The Labute approximate surface area is 348 Å². The summed E-state index contributed by atoms with van der Waals surface area (Å²) < 4.78 is 68.6. The van der Waals surface area contributed by atoms with E-state index in [4.69, 9.17) is 27.8 Å². The number of benzene rings is 1. The van der Waals surface area contributed by atoms with Gasteiger partial charge in [-0.3, -0.25) is 0 Å². The number of ether oxygens (including phenoxy) is 4. The first-order valence-electron chi connectivity index (χ1n) is 21.4. The molecule has 1 aromatic rings. The molecule has 3 aliphatic heterocycles. The second-order valence-corrected chi connectivity index (χ2v) is 31.8. The summed E-state index contributed by atoms with van der Waals surface area (Å²) in [5.74, 6) is -0.324. The molecule has 0 spiro atoms. The van der Waals surface area contributed by atoms with Gasteiger partial charge < -0.3 is 32.9 Å². The van der Waals surface area contributed by atoms with Crippen LogP contribution in [0.2, 0.25) is 36.3 Å². The number of aliphatic hydroxyl groups is 1. The summed E-state index contributed by atoms with van der Waals surface area (Å²) >= 11 is 0. The molecule has 10 atom stereocenters. The highest BCUT2D eigenvalue weighted by molar-refractivity contribution is 7.91. The average Bonchev–Trinajstić information content (AvgIpc) is 3.63. The van der Waals surface area contributed by atoms with Gasteiger partial charge in [0.2, 0.25) is 0 Å². The number of methoxy groups -OCH3 is 1. The molecule has 57 heavy (non-hydrogen) atoms. The molecule has 12 heteroatoms. The van der Waals surface area contributed by atoms with Gasteiger partial charge in [0.15, 0.2) is 26.5 Å². The van der Waals surface area contributed by atoms with E-state index in [9.17, 15) is 13.5 Å². The van der Waals surface area contributed by atoms with Crippen LogP contribution in [0.25, 0.3) is 0 Å². The molecule has 3 saturated heterocycles. The molecule has 1 aromatic carbocycles. The van der Waals surface area contributed by atoms with E-state index in [1.807, 2.05) is 6.07 Å². The molecule has 0 amide bonds. The number of hydrogen-bond donors (Lipinski definition) is 1. The molecule has 9 nitrogen and oxygen atoms in total.